The van der Waals surface area contributed by atoms with Crippen molar-refractivity contribution in [2.45, 2.75) is 104 Å². The highest BCUT2D eigenvalue weighted by molar-refractivity contribution is 5.75. The van der Waals surface area contributed by atoms with Crippen LogP contribution >= 0.6 is 0 Å². The molecule has 0 heterocycles. The van der Waals surface area contributed by atoms with Gasteiger partial charge in [-0.3, -0.25) is 9.59 Å². The molecule has 0 aromatic rings. The van der Waals surface area contributed by atoms with Crippen LogP contribution in [0.2, 0.25) is 0 Å². The average molecular weight is 369 g/mol. The smallest absolute Gasteiger partial charge is 0.308 e. The molecule has 1 fully saturated rings. The van der Waals surface area contributed by atoms with Gasteiger partial charge in [-0.15, -0.1) is 0 Å². The third-order valence-corrected chi connectivity index (χ3v) is 5.38. The van der Waals surface area contributed by atoms with E-state index in [1.165, 1.54) is 38.5 Å². The number of rotatable bonds is 14. The SMILES string of the molecule is CCCCCCCCOC(=O)C1CCC(C(=O)OCCCCCC)CC1. The molecule has 1 aliphatic rings. The first-order chi connectivity index (χ1) is 12.7. The van der Waals surface area contributed by atoms with E-state index in [-0.39, 0.29) is 23.8 Å². The lowest BCUT2D eigenvalue weighted by Gasteiger charge is -2.26. The fraction of sp³-hybridized carbons (Fsp3) is 0.909. The summed E-state index contributed by atoms with van der Waals surface area (Å²) in [6, 6.07) is 0. The van der Waals surface area contributed by atoms with Crippen LogP contribution in [0.25, 0.3) is 0 Å². The van der Waals surface area contributed by atoms with E-state index in [0.717, 1.165) is 51.4 Å². The Kier molecular flexibility index (Phi) is 13.3. The molecule has 0 aliphatic heterocycles. The molecule has 1 aliphatic carbocycles. The Morgan fingerprint density at radius 1 is 0.615 bits per heavy atom. The monoisotopic (exact) mass is 368 g/mol. The molecule has 1 saturated carbocycles. The Morgan fingerprint density at radius 3 is 1.38 bits per heavy atom. The number of carbonyl (C=O) groups is 2. The fourth-order valence-electron chi connectivity index (χ4n) is 3.56. The number of esters is 2. The van der Waals surface area contributed by atoms with Gasteiger partial charge >= 0.3 is 11.9 Å². The maximum Gasteiger partial charge on any atom is 0.308 e. The molecule has 0 radical (unpaired) electrons. The van der Waals surface area contributed by atoms with Crippen LogP contribution in [0.4, 0.5) is 0 Å². The van der Waals surface area contributed by atoms with Crippen molar-refractivity contribution in [3.05, 3.63) is 0 Å². The third kappa shape index (κ3) is 10.2. The van der Waals surface area contributed by atoms with Crippen LogP contribution in [0.1, 0.15) is 104 Å². The molecule has 0 unspecified atom stereocenters. The molecule has 0 spiro atoms. The molecule has 1 rings (SSSR count). The third-order valence-electron chi connectivity index (χ3n) is 5.38. The summed E-state index contributed by atoms with van der Waals surface area (Å²) in [7, 11) is 0. The second kappa shape index (κ2) is 15.0. The first kappa shape index (κ1) is 23.0. The molecule has 0 amide bonds. The van der Waals surface area contributed by atoms with Crippen molar-refractivity contribution < 1.29 is 19.1 Å². The van der Waals surface area contributed by atoms with E-state index in [0.29, 0.717) is 13.2 Å². The maximum atomic E-state index is 12.1. The van der Waals surface area contributed by atoms with E-state index in [4.69, 9.17) is 9.47 Å². The highest BCUT2D eigenvalue weighted by Crippen LogP contribution is 2.30. The van der Waals surface area contributed by atoms with Crippen molar-refractivity contribution >= 4 is 11.9 Å². The quantitative estimate of drug-likeness (QED) is 0.286. The predicted octanol–water partition coefficient (Wildman–Crippen LogP) is 5.82. The minimum atomic E-state index is -0.0691. The number of ether oxygens (including phenoxy) is 2. The van der Waals surface area contributed by atoms with Gasteiger partial charge in [0.1, 0.15) is 0 Å². The Morgan fingerprint density at radius 2 is 0.962 bits per heavy atom. The zero-order valence-corrected chi connectivity index (χ0v) is 17.1. The molecule has 152 valence electrons. The van der Waals surface area contributed by atoms with Crippen molar-refractivity contribution in [1.29, 1.82) is 0 Å². The number of unbranched alkanes of at least 4 members (excludes halogenated alkanes) is 8. The lowest BCUT2D eigenvalue weighted by atomic mass is 9.82. The van der Waals surface area contributed by atoms with Crippen molar-refractivity contribution in [3.8, 4) is 0 Å². The van der Waals surface area contributed by atoms with Crippen LogP contribution in [-0.4, -0.2) is 25.2 Å². The van der Waals surface area contributed by atoms with Crippen LogP contribution in [0.15, 0.2) is 0 Å². The molecular formula is C22H40O4. The van der Waals surface area contributed by atoms with Gasteiger partial charge in [0, 0.05) is 0 Å². The highest BCUT2D eigenvalue weighted by atomic mass is 16.5. The summed E-state index contributed by atoms with van der Waals surface area (Å²) in [5.41, 5.74) is 0. The van der Waals surface area contributed by atoms with Crippen LogP contribution in [0.3, 0.4) is 0 Å². The van der Waals surface area contributed by atoms with E-state index >= 15 is 0 Å². The predicted molar refractivity (Wildman–Crippen MR) is 105 cm³/mol. The number of hydrogen-bond donors (Lipinski definition) is 0. The second-order valence-electron chi connectivity index (χ2n) is 7.71. The molecule has 0 aromatic heterocycles. The van der Waals surface area contributed by atoms with Crippen LogP contribution in [0, 0.1) is 11.8 Å². The zero-order chi connectivity index (χ0) is 19.0. The molecule has 4 nitrogen and oxygen atoms in total. The summed E-state index contributed by atoms with van der Waals surface area (Å²) in [5.74, 6) is -0.183. The summed E-state index contributed by atoms with van der Waals surface area (Å²) in [6.07, 6.45) is 14.7. The second-order valence-corrected chi connectivity index (χ2v) is 7.71. The minimum Gasteiger partial charge on any atom is -0.465 e. The summed E-state index contributed by atoms with van der Waals surface area (Å²) >= 11 is 0. The Labute approximate surface area is 160 Å². The molecular weight excluding hydrogens is 328 g/mol. The molecule has 0 N–H and O–H groups in total. The van der Waals surface area contributed by atoms with E-state index in [1.54, 1.807) is 0 Å². The lowest BCUT2D eigenvalue weighted by molar-refractivity contribution is -0.155. The number of hydrogen-bond acceptors (Lipinski definition) is 4. The molecule has 26 heavy (non-hydrogen) atoms. The molecule has 0 atom stereocenters. The number of carbonyl (C=O) groups excluding carboxylic acids is 2. The van der Waals surface area contributed by atoms with Gasteiger partial charge in [-0.2, -0.15) is 0 Å². The van der Waals surface area contributed by atoms with E-state index in [2.05, 4.69) is 13.8 Å². The van der Waals surface area contributed by atoms with Crippen LogP contribution in [0.5, 0.6) is 0 Å². The van der Waals surface area contributed by atoms with Crippen LogP contribution < -0.4 is 0 Å². The van der Waals surface area contributed by atoms with Gasteiger partial charge in [-0.1, -0.05) is 65.2 Å². The van der Waals surface area contributed by atoms with Gasteiger partial charge < -0.3 is 9.47 Å². The van der Waals surface area contributed by atoms with Crippen molar-refractivity contribution in [2.75, 3.05) is 13.2 Å². The van der Waals surface area contributed by atoms with Gasteiger partial charge in [-0.25, -0.2) is 0 Å². The van der Waals surface area contributed by atoms with Crippen LogP contribution in [-0.2, 0) is 19.1 Å². The largest absolute Gasteiger partial charge is 0.465 e. The summed E-state index contributed by atoms with van der Waals surface area (Å²) < 4.78 is 10.8. The molecule has 0 saturated heterocycles. The standard InChI is InChI=1S/C22H40O4/c1-3-5-7-9-10-12-18-26-22(24)20-15-13-19(14-16-20)21(23)25-17-11-8-6-4-2/h19-20H,3-18H2,1-2H3. The topological polar surface area (TPSA) is 52.6 Å². The zero-order valence-electron chi connectivity index (χ0n) is 17.1. The van der Waals surface area contributed by atoms with E-state index < -0.39 is 0 Å². The van der Waals surface area contributed by atoms with E-state index in [9.17, 15) is 9.59 Å². The summed E-state index contributed by atoms with van der Waals surface area (Å²) in [6.45, 7) is 5.47. The van der Waals surface area contributed by atoms with Gasteiger partial charge in [-0.05, 0) is 38.5 Å². The Balaban J connectivity index is 2.07. The van der Waals surface area contributed by atoms with Gasteiger partial charge in [0.15, 0.2) is 0 Å². The fourth-order valence-corrected chi connectivity index (χ4v) is 3.56. The van der Waals surface area contributed by atoms with Crippen molar-refractivity contribution in [3.63, 3.8) is 0 Å². The normalized spacial score (nSPS) is 19.9. The summed E-state index contributed by atoms with van der Waals surface area (Å²) in [5, 5.41) is 0. The Bertz CT molecular complexity index is 372. The van der Waals surface area contributed by atoms with E-state index in [1.807, 2.05) is 0 Å². The van der Waals surface area contributed by atoms with Gasteiger partial charge in [0.25, 0.3) is 0 Å². The molecule has 4 heteroatoms. The van der Waals surface area contributed by atoms with Crippen molar-refractivity contribution in [2.24, 2.45) is 11.8 Å². The average Bonchev–Trinajstić information content (AvgIpc) is 2.67. The highest BCUT2D eigenvalue weighted by Gasteiger charge is 2.31. The first-order valence-electron chi connectivity index (χ1n) is 11.0. The minimum absolute atomic E-state index is 0.0243. The first-order valence-corrected chi connectivity index (χ1v) is 11.0. The Hall–Kier alpha value is -1.06. The van der Waals surface area contributed by atoms with Gasteiger partial charge in [0.05, 0.1) is 25.0 Å². The van der Waals surface area contributed by atoms with Gasteiger partial charge in [0.2, 0.25) is 0 Å². The maximum absolute atomic E-state index is 12.1. The van der Waals surface area contributed by atoms with Crippen molar-refractivity contribution in [1.82, 2.24) is 0 Å². The molecule has 0 aromatic carbocycles. The lowest BCUT2D eigenvalue weighted by Crippen LogP contribution is -2.28. The molecule has 0 bridgehead atoms. The summed E-state index contributed by atoms with van der Waals surface area (Å²) in [4.78, 5) is 24.2.